The lowest BCUT2D eigenvalue weighted by Gasteiger charge is -2.14. The maximum Gasteiger partial charge on any atom is 0.233 e. The van der Waals surface area contributed by atoms with E-state index in [2.05, 4.69) is 0 Å². The largest absolute Gasteiger partial charge is 0.497 e. The molecule has 0 saturated heterocycles. The Morgan fingerprint density at radius 3 is 1.71 bits per heavy atom. The topological polar surface area (TPSA) is 89.5 Å². The molecular weight excluding hydrogens is 404 g/mol. The molecule has 0 amide bonds. The van der Waals surface area contributed by atoms with Crippen LogP contribution in [0, 0.1) is 0 Å². The van der Waals surface area contributed by atoms with Gasteiger partial charge >= 0.3 is 0 Å². The van der Waals surface area contributed by atoms with E-state index < -0.39 is 11.6 Å². The molecule has 0 saturated carbocycles. The van der Waals surface area contributed by atoms with Gasteiger partial charge in [-0.3, -0.25) is 9.59 Å². The minimum Gasteiger partial charge on any atom is -0.497 e. The first kappa shape index (κ1) is 22.7. The van der Waals surface area contributed by atoms with Gasteiger partial charge in [-0.2, -0.15) is 0 Å². The Morgan fingerprint density at radius 2 is 1.13 bits per heavy atom. The molecule has 0 bridgehead atoms. The highest BCUT2D eigenvalue weighted by atomic mass is 16.6. The third kappa shape index (κ3) is 6.78. The van der Waals surface area contributed by atoms with Gasteiger partial charge in [0.15, 0.2) is 11.5 Å². The summed E-state index contributed by atoms with van der Waals surface area (Å²) in [7, 11) is 1.53. The number of carbonyl (C=O) groups excluding carboxylic acids is 2. The minimum absolute atomic E-state index is 0.214. The molecule has 2 aromatic carbocycles. The van der Waals surface area contributed by atoms with Crippen molar-refractivity contribution in [2.75, 3.05) is 60.0 Å². The van der Waals surface area contributed by atoms with Gasteiger partial charge in [0.05, 0.1) is 46.8 Å². The summed E-state index contributed by atoms with van der Waals surface area (Å²) < 4.78 is 32.8. The van der Waals surface area contributed by atoms with E-state index in [0.29, 0.717) is 63.5 Å². The van der Waals surface area contributed by atoms with E-state index in [-0.39, 0.29) is 17.7 Å². The molecule has 0 N–H and O–H groups in total. The number of ketones is 2. The van der Waals surface area contributed by atoms with Gasteiger partial charge < -0.3 is 28.4 Å². The Bertz CT molecular complexity index is 862. The molecule has 1 aliphatic rings. The van der Waals surface area contributed by atoms with Crippen LogP contribution in [0.5, 0.6) is 17.2 Å². The van der Waals surface area contributed by atoms with Crippen molar-refractivity contribution in [1.82, 2.24) is 0 Å². The Kier molecular flexibility index (Phi) is 8.84. The van der Waals surface area contributed by atoms with Crippen LogP contribution >= 0.6 is 0 Å². The summed E-state index contributed by atoms with van der Waals surface area (Å²) in [6.45, 7) is 3.18. The summed E-state index contributed by atoms with van der Waals surface area (Å²) in [6, 6.07) is 11.1. The van der Waals surface area contributed by atoms with Crippen molar-refractivity contribution in [1.29, 1.82) is 0 Å². The van der Waals surface area contributed by atoms with E-state index in [1.807, 2.05) is 0 Å². The Morgan fingerprint density at radius 1 is 0.645 bits per heavy atom. The van der Waals surface area contributed by atoms with E-state index in [1.54, 1.807) is 36.4 Å². The third-order valence-electron chi connectivity index (χ3n) is 4.48. The molecule has 31 heavy (non-hydrogen) atoms. The van der Waals surface area contributed by atoms with Crippen LogP contribution < -0.4 is 14.2 Å². The van der Waals surface area contributed by atoms with Crippen LogP contribution in [0.3, 0.4) is 0 Å². The number of ether oxygens (including phenoxy) is 6. The van der Waals surface area contributed by atoms with Gasteiger partial charge in [0.2, 0.25) is 11.6 Å². The maximum atomic E-state index is 12.7. The van der Waals surface area contributed by atoms with Gasteiger partial charge in [-0.15, -0.1) is 0 Å². The number of hydrogen-bond donors (Lipinski definition) is 0. The zero-order valence-corrected chi connectivity index (χ0v) is 17.5. The molecule has 2 aromatic rings. The lowest BCUT2D eigenvalue weighted by molar-refractivity contribution is 0.00708. The SMILES string of the molecule is COc1ccc(C(=O)C(=O)c2ccc3c(c2)OCCOCCOCCOCCO3)cc1. The first-order valence-corrected chi connectivity index (χ1v) is 10.0. The fourth-order valence-electron chi connectivity index (χ4n) is 2.85. The quantitative estimate of drug-likeness (QED) is 0.540. The summed E-state index contributed by atoms with van der Waals surface area (Å²) in [5, 5.41) is 0. The number of benzene rings is 2. The van der Waals surface area contributed by atoms with Crippen molar-refractivity contribution in [3.8, 4) is 17.2 Å². The van der Waals surface area contributed by atoms with E-state index in [4.69, 9.17) is 28.4 Å². The molecule has 166 valence electrons. The summed E-state index contributed by atoms with van der Waals surface area (Å²) in [4.78, 5) is 25.4. The molecule has 0 fully saturated rings. The second-order valence-electron chi connectivity index (χ2n) is 6.58. The van der Waals surface area contributed by atoms with Crippen molar-refractivity contribution < 1.29 is 38.0 Å². The minimum atomic E-state index is -0.635. The fourth-order valence-corrected chi connectivity index (χ4v) is 2.85. The predicted octanol–water partition coefficient (Wildman–Crippen LogP) is 2.58. The fraction of sp³-hybridized carbons (Fsp3) is 0.391. The summed E-state index contributed by atoms with van der Waals surface area (Å²) >= 11 is 0. The highest BCUT2D eigenvalue weighted by Crippen LogP contribution is 2.29. The van der Waals surface area contributed by atoms with E-state index in [1.165, 1.54) is 13.2 Å². The lowest BCUT2D eigenvalue weighted by Crippen LogP contribution is -2.15. The van der Waals surface area contributed by atoms with Crippen molar-refractivity contribution in [3.63, 3.8) is 0 Å². The number of rotatable bonds is 4. The molecule has 0 spiro atoms. The summed E-state index contributed by atoms with van der Waals surface area (Å²) in [6.07, 6.45) is 0. The Hall–Kier alpha value is -2.94. The molecule has 0 unspecified atom stereocenters. The number of carbonyl (C=O) groups is 2. The van der Waals surface area contributed by atoms with E-state index in [0.717, 1.165) is 0 Å². The van der Waals surface area contributed by atoms with Crippen LogP contribution in [0.15, 0.2) is 42.5 Å². The molecule has 8 nitrogen and oxygen atoms in total. The van der Waals surface area contributed by atoms with Crippen LogP contribution in [0.4, 0.5) is 0 Å². The van der Waals surface area contributed by atoms with Gasteiger partial charge in [0.25, 0.3) is 0 Å². The molecule has 8 heteroatoms. The van der Waals surface area contributed by atoms with Crippen LogP contribution in [0.1, 0.15) is 20.7 Å². The van der Waals surface area contributed by atoms with Gasteiger partial charge in [-0.05, 0) is 42.5 Å². The standard InChI is InChI=1S/C23H26O8/c1-26-19-5-2-17(3-6-19)22(24)23(25)18-4-7-20-21(16-18)31-15-13-29-11-9-27-8-10-28-12-14-30-20/h2-7,16H,8-15H2,1H3. The highest BCUT2D eigenvalue weighted by molar-refractivity contribution is 6.49. The molecule has 0 aliphatic carbocycles. The lowest BCUT2D eigenvalue weighted by atomic mass is 10.0. The maximum absolute atomic E-state index is 12.7. The molecule has 0 atom stereocenters. The second kappa shape index (κ2) is 12.0. The normalized spacial score (nSPS) is 15.9. The third-order valence-corrected chi connectivity index (χ3v) is 4.48. The van der Waals surface area contributed by atoms with Gasteiger partial charge in [0, 0.05) is 11.1 Å². The summed E-state index contributed by atoms with van der Waals surface area (Å²) in [5.41, 5.74) is 0.499. The Balaban J connectivity index is 1.73. The van der Waals surface area contributed by atoms with Crippen LogP contribution in [-0.4, -0.2) is 71.5 Å². The molecule has 0 aromatic heterocycles. The van der Waals surface area contributed by atoms with Gasteiger partial charge in [-0.25, -0.2) is 0 Å². The first-order chi connectivity index (χ1) is 15.2. The number of hydrogen-bond acceptors (Lipinski definition) is 8. The molecule has 1 aliphatic heterocycles. The smallest absolute Gasteiger partial charge is 0.233 e. The van der Waals surface area contributed by atoms with E-state index in [9.17, 15) is 9.59 Å². The van der Waals surface area contributed by atoms with Crippen LogP contribution in [-0.2, 0) is 14.2 Å². The van der Waals surface area contributed by atoms with Gasteiger partial charge in [0.1, 0.15) is 19.0 Å². The second-order valence-corrected chi connectivity index (χ2v) is 6.58. The van der Waals surface area contributed by atoms with Crippen molar-refractivity contribution in [3.05, 3.63) is 53.6 Å². The van der Waals surface area contributed by atoms with Crippen molar-refractivity contribution in [2.45, 2.75) is 0 Å². The molecule has 0 radical (unpaired) electrons. The first-order valence-electron chi connectivity index (χ1n) is 10.0. The summed E-state index contributed by atoms with van der Waals surface area (Å²) in [5.74, 6) is 0.183. The zero-order valence-electron chi connectivity index (χ0n) is 17.5. The number of Topliss-reactive ketones (excluding diaryl/α,β-unsaturated/α-hetero) is 2. The Labute approximate surface area is 181 Å². The monoisotopic (exact) mass is 430 g/mol. The van der Waals surface area contributed by atoms with Crippen molar-refractivity contribution in [2.24, 2.45) is 0 Å². The number of methoxy groups -OCH3 is 1. The molecule has 1 heterocycles. The van der Waals surface area contributed by atoms with Crippen molar-refractivity contribution >= 4 is 11.6 Å². The zero-order chi connectivity index (χ0) is 21.9. The number of fused-ring (bicyclic) bond motifs is 1. The van der Waals surface area contributed by atoms with Gasteiger partial charge in [-0.1, -0.05) is 0 Å². The van der Waals surface area contributed by atoms with Crippen LogP contribution in [0.2, 0.25) is 0 Å². The average molecular weight is 430 g/mol. The average Bonchev–Trinajstić information content (AvgIpc) is 2.82. The van der Waals surface area contributed by atoms with E-state index >= 15 is 0 Å². The molecular formula is C23H26O8. The van der Waals surface area contributed by atoms with Crippen LogP contribution in [0.25, 0.3) is 0 Å². The predicted molar refractivity (Wildman–Crippen MR) is 112 cm³/mol. The molecule has 3 rings (SSSR count). The highest BCUT2D eigenvalue weighted by Gasteiger charge is 2.20.